The first kappa shape index (κ1) is 15.0. The zero-order valence-electron chi connectivity index (χ0n) is 13.2. The van der Waals surface area contributed by atoms with Gasteiger partial charge in [0.05, 0.1) is 30.0 Å². The van der Waals surface area contributed by atoms with Crippen LogP contribution in [0, 0.1) is 0 Å². The van der Waals surface area contributed by atoms with E-state index < -0.39 is 6.17 Å². The summed E-state index contributed by atoms with van der Waals surface area (Å²) in [5, 5.41) is 17.7. The summed E-state index contributed by atoms with van der Waals surface area (Å²) in [5.41, 5.74) is 1.51. The van der Waals surface area contributed by atoms with E-state index in [0.29, 0.717) is 30.3 Å². The number of hydrogen-bond acceptors (Lipinski definition) is 5. The normalized spacial score (nSPS) is 23.5. The van der Waals surface area contributed by atoms with Crippen molar-refractivity contribution in [1.82, 2.24) is 25.7 Å². The van der Waals surface area contributed by atoms with Gasteiger partial charge in [0.15, 0.2) is 5.82 Å². The largest absolute Gasteiger partial charge is 0.350 e. The summed E-state index contributed by atoms with van der Waals surface area (Å²) in [6.45, 7) is 0.642. The second kappa shape index (κ2) is 6.18. The number of carbonyl (C=O) groups is 1. The van der Waals surface area contributed by atoms with Gasteiger partial charge in [-0.3, -0.25) is 9.89 Å². The number of nitrogens with one attached hydrogen (secondary N) is 2. The molecule has 1 saturated heterocycles. The Hall–Kier alpha value is -2.51. The molecule has 8 heteroatoms. The second-order valence-corrected chi connectivity index (χ2v) is 6.40. The lowest BCUT2D eigenvalue weighted by molar-refractivity contribution is 0.0950. The van der Waals surface area contributed by atoms with Crippen molar-refractivity contribution in [2.75, 3.05) is 18.0 Å². The van der Waals surface area contributed by atoms with Crippen LogP contribution in [0.15, 0.2) is 24.5 Å². The van der Waals surface area contributed by atoms with Gasteiger partial charge in [-0.2, -0.15) is 10.2 Å². The van der Waals surface area contributed by atoms with Crippen LogP contribution in [0.4, 0.5) is 10.2 Å². The molecule has 1 aliphatic heterocycles. The van der Waals surface area contributed by atoms with Crippen molar-refractivity contribution in [3.05, 3.63) is 35.8 Å². The number of rotatable bonds is 5. The molecule has 1 aliphatic carbocycles. The van der Waals surface area contributed by atoms with Crippen LogP contribution in [0.2, 0.25) is 0 Å². The third kappa shape index (κ3) is 2.95. The number of nitrogens with zero attached hydrogens (tertiary/aromatic N) is 4. The average Bonchev–Trinajstić information content (AvgIpc) is 3.20. The highest BCUT2D eigenvalue weighted by Gasteiger charge is 2.34. The number of aromatic amines is 1. The van der Waals surface area contributed by atoms with Gasteiger partial charge in [0.2, 0.25) is 0 Å². The van der Waals surface area contributed by atoms with E-state index in [9.17, 15) is 9.18 Å². The van der Waals surface area contributed by atoms with Crippen LogP contribution in [-0.4, -0.2) is 51.6 Å². The first-order chi connectivity index (χ1) is 11.7. The van der Waals surface area contributed by atoms with Crippen molar-refractivity contribution in [3.63, 3.8) is 0 Å². The zero-order valence-corrected chi connectivity index (χ0v) is 13.2. The van der Waals surface area contributed by atoms with Gasteiger partial charge < -0.3 is 10.2 Å². The minimum Gasteiger partial charge on any atom is -0.350 e. The minimum atomic E-state index is -0.926. The molecule has 0 spiro atoms. The first-order valence-electron chi connectivity index (χ1n) is 8.22. The SMILES string of the molecule is O=C(NC[C@@H]1C[C@H](F)CN1c1cccnn1)c1cn[nH]c1C1CC1. The maximum Gasteiger partial charge on any atom is 0.254 e. The summed E-state index contributed by atoms with van der Waals surface area (Å²) in [4.78, 5) is 14.3. The average molecular weight is 330 g/mol. The van der Waals surface area contributed by atoms with Crippen LogP contribution < -0.4 is 10.2 Å². The van der Waals surface area contributed by atoms with E-state index in [4.69, 9.17) is 0 Å². The number of alkyl halides is 1. The van der Waals surface area contributed by atoms with E-state index in [1.165, 1.54) is 0 Å². The van der Waals surface area contributed by atoms with E-state index >= 15 is 0 Å². The molecule has 4 rings (SSSR count). The Kier molecular flexibility index (Phi) is 3.87. The Morgan fingerprint density at radius 1 is 1.46 bits per heavy atom. The van der Waals surface area contributed by atoms with Crippen molar-refractivity contribution >= 4 is 11.7 Å². The van der Waals surface area contributed by atoms with Gasteiger partial charge in [0.25, 0.3) is 5.91 Å². The highest BCUT2D eigenvalue weighted by molar-refractivity contribution is 5.95. The lowest BCUT2D eigenvalue weighted by Crippen LogP contribution is -2.40. The van der Waals surface area contributed by atoms with Gasteiger partial charge in [-0.25, -0.2) is 4.39 Å². The number of H-pyrrole nitrogens is 1. The Bertz CT molecular complexity index is 716. The number of halogens is 1. The predicted molar refractivity (Wildman–Crippen MR) is 85.6 cm³/mol. The highest BCUT2D eigenvalue weighted by atomic mass is 19.1. The molecule has 3 heterocycles. The highest BCUT2D eigenvalue weighted by Crippen LogP contribution is 2.40. The fraction of sp³-hybridized carbons (Fsp3) is 0.500. The van der Waals surface area contributed by atoms with Gasteiger partial charge in [-0.05, 0) is 25.0 Å². The standard InChI is InChI=1S/C16H19FN6O/c17-11-6-12(23(9-11)14-2-1-5-19-21-14)7-18-16(24)13-8-20-22-15(13)10-3-4-10/h1-2,5,8,10-12H,3-4,6-7,9H2,(H,18,24)(H,20,22)/t11-,12-/m0/s1. The molecule has 1 saturated carbocycles. The molecule has 0 bridgehead atoms. The van der Waals surface area contributed by atoms with Crippen LogP contribution >= 0.6 is 0 Å². The Labute approximate surface area is 138 Å². The minimum absolute atomic E-state index is 0.128. The number of amides is 1. The number of anilines is 1. The molecule has 0 radical (unpaired) electrons. The Balaban J connectivity index is 1.42. The molecule has 2 aliphatic rings. The van der Waals surface area contributed by atoms with Gasteiger partial charge in [-0.1, -0.05) is 0 Å². The monoisotopic (exact) mass is 330 g/mol. The first-order valence-corrected chi connectivity index (χ1v) is 8.22. The molecule has 2 aromatic heterocycles. The van der Waals surface area contributed by atoms with Crippen molar-refractivity contribution in [2.24, 2.45) is 0 Å². The van der Waals surface area contributed by atoms with Gasteiger partial charge >= 0.3 is 0 Å². The van der Waals surface area contributed by atoms with Crippen molar-refractivity contribution in [3.8, 4) is 0 Å². The molecule has 1 amide bonds. The van der Waals surface area contributed by atoms with Crippen LogP contribution in [-0.2, 0) is 0 Å². The van der Waals surface area contributed by atoms with Crippen molar-refractivity contribution < 1.29 is 9.18 Å². The number of hydrogen-bond donors (Lipinski definition) is 2. The topological polar surface area (TPSA) is 86.8 Å². The van der Waals surface area contributed by atoms with Crippen LogP contribution in [0.1, 0.15) is 41.2 Å². The molecular weight excluding hydrogens is 311 g/mol. The molecular formula is C16H19FN6O. The van der Waals surface area contributed by atoms with Crippen molar-refractivity contribution in [2.45, 2.75) is 37.4 Å². The van der Waals surface area contributed by atoms with Crippen molar-refractivity contribution in [1.29, 1.82) is 0 Å². The summed E-state index contributed by atoms with van der Waals surface area (Å²) >= 11 is 0. The molecule has 2 aromatic rings. The molecule has 24 heavy (non-hydrogen) atoms. The van der Waals surface area contributed by atoms with Crippen LogP contribution in [0.3, 0.4) is 0 Å². The molecule has 0 unspecified atom stereocenters. The van der Waals surface area contributed by atoms with Gasteiger partial charge in [-0.15, -0.1) is 5.10 Å². The quantitative estimate of drug-likeness (QED) is 0.866. The smallest absolute Gasteiger partial charge is 0.254 e. The summed E-state index contributed by atoms with van der Waals surface area (Å²) in [7, 11) is 0. The van der Waals surface area contributed by atoms with E-state index in [1.807, 2.05) is 4.90 Å². The third-order valence-electron chi connectivity index (χ3n) is 4.61. The molecule has 126 valence electrons. The Morgan fingerprint density at radius 3 is 3.08 bits per heavy atom. The maximum absolute atomic E-state index is 13.9. The fourth-order valence-electron chi connectivity index (χ4n) is 3.25. The molecule has 0 aromatic carbocycles. The van der Waals surface area contributed by atoms with E-state index in [0.717, 1.165) is 18.5 Å². The predicted octanol–water partition coefficient (Wildman–Crippen LogP) is 1.42. The summed E-state index contributed by atoms with van der Waals surface area (Å²) in [6, 6.07) is 3.45. The summed E-state index contributed by atoms with van der Waals surface area (Å²) in [6.07, 6.45) is 4.78. The third-order valence-corrected chi connectivity index (χ3v) is 4.61. The molecule has 2 fully saturated rings. The molecule has 2 N–H and O–H groups in total. The number of aromatic nitrogens is 4. The lowest BCUT2D eigenvalue weighted by atomic mass is 10.1. The van der Waals surface area contributed by atoms with E-state index in [1.54, 1.807) is 24.5 Å². The lowest BCUT2D eigenvalue weighted by Gasteiger charge is -2.24. The Morgan fingerprint density at radius 2 is 2.33 bits per heavy atom. The van der Waals surface area contributed by atoms with E-state index in [2.05, 4.69) is 25.7 Å². The summed E-state index contributed by atoms with van der Waals surface area (Å²) in [5.74, 6) is 0.900. The number of carbonyl (C=O) groups excluding carboxylic acids is 1. The van der Waals surface area contributed by atoms with Crippen LogP contribution in [0.5, 0.6) is 0 Å². The maximum atomic E-state index is 13.9. The summed E-state index contributed by atoms with van der Waals surface area (Å²) < 4.78 is 13.9. The molecule has 7 nitrogen and oxygen atoms in total. The molecule has 2 atom stereocenters. The second-order valence-electron chi connectivity index (χ2n) is 6.40. The van der Waals surface area contributed by atoms with Crippen LogP contribution in [0.25, 0.3) is 0 Å². The van der Waals surface area contributed by atoms with Gasteiger partial charge in [0, 0.05) is 25.1 Å². The fourth-order valence-corrected chi connectivity index (χ4v) is 3.25. The van der Waals surface area contributed by atoms with E-state index in [-0.39, 0.29) is 18.5 Å². The van der Waals surface area contributed by atoms with Gasteiger partial charge in [0.1, 0.15) is 6.17 Å². The zero-order chi connectivity index (χ0) is 16.5.